The molecular formula is C23H32N4O2S. The Morgan fingerprint density at radius 1 is 1.33 bits per heavy atom. The van der Waals surface area contributed by atoms with Gasteiger partial charge in [-0.25, -0.2) is 4.98 Å². The number of hydrogen-bond donors (Lipinski definition) is 1. The summed E-state index contributed by atoms with van der Waals surface area (Å²) in [6.45, 7) is 10.8. The molecule has 1 aliphatic heterocycles. The highest BCUT2D eigenvalue weighted by molar-refractivity contribution is 7.18. The zero-order valence-corrected chi connectivity index (χ0v) is 19.2. The molecule has 6 nitrogen and oxygen atoms in total. The number of thiazole rings is 1. The minimum absolute atomic E-state index is 0.0579. The van der Waals surface area contributed by atoms with Crippen LogP contribution in [0.1, 0.15) is 48.8 Å². The number of aromatic nitrogens is 2. The summed E-state index contributed by atoms with van der Waals surface area (Å²) in [5.41, 5.74) is 3.34. The summed E-state index contributed by atoms with van der Waals surface area (Å²) in [6, 6.07) is 6.41. The van der Waals surface area contributed by atoms with Gasteiger partial charge in [-0.05, 0) is 48.4 Å². The minimum atomic E-state index is 0.0579. The molecule has 2 aromatic heterocycles. The van der Waals surface area contributed by atoms with Gasteiger partial charge in [0.15, 0.2) is 4.96 Å². The Morgan fingerprint density at radius 2 is 2.10 bits per heavy atom. The van der Waals surface area contributed by atoms with Crippen molar-refractivity contribution in [2.24, 2.45) is 11.3 Å². The molecule has 0 radical (unpaired) electrons. The Labute approximate surface area is 182 Å². The molecule has 1 aromatic carbocycles. The van der Waals surface area contributed by atoms with Crippen LogP contribution in [0.25, 0.3) is 16.0 Å². The maximum absolute atomic E-state index is 12.8. The molecule has 0 saturated carbocycles. The van der Waals surface area contributed by atoms with Crippen LogP contribution in [-0.4, -0.2) is 53.5 Å². The second-order valence-electron chi connectivity index (χ2n) is 9.59. The van der Waals surface area contributed by atoms with Gasteiger partial charge in [0.05, 0.1) is 11.0 Å². The van der Waals surface area contributed by atoms with Crippen LogP contribution in [0, 0.1) is 11.3 Å². The number of benzene rings is 1. The van der Waals surface area contributed by atoms with Gasteiger partial charge in [0.1, 0.15) is 4.88 Å². The molecule has 3 aromatic rings. The SMILES string of the molecule is CN(CC(C)(C)C)C(=O)c1cn2c(nc3cc(CNCC4CCOCC4)ccc32)s1. The van der Waals surface area contributed by atoms with Gasteiger partial charge in [-0.15, -0.1) is 0 Å². The lowest BCUT2D eigenvalue weighted by Gasteiger charge is -2.26. The Kier molecular flexibility index (Phi) is 6.14. The summed E-state index contributed by atoms with van der Waals surface area (Å²) < 4.78 is 7.47. The van der Waals surface area contributed by atoms with E-state index in [-0.39, 0.29) is 11.3 Å². The van der Waals surface area contributed by atoms with Crippen molar-refractivity contribution in [3.8, 4) is 0 Å². The molecular weight excluding hydrogens is 396 g/mol. The van der Waals surface area contributed by atoms with E-state index in [1.165, 1.54) is 16.9 Å². The van der Waals surface area contributed by atoms with Crippen molar-refractivity contribution in [1.29, 1.82) is 0 Å². The summed E-state index contributed by atoms with van der Waals surface area (Å²) in [5.74, 6) is 0.773. The van der Waals surface area contributed by atoms with Gasteiger partial charge < -0.3 is 15.0 Å². The Bertz CT molecular complexity index is 1030. The molecule has 0 atom stereocenters. The average molecular weight is 429 g/mol. The molecule has 1 aliphatic rings. The molecule has 0 aliphatic carbocycles. The lowest BCUT2D eigenvalue weighted by atomic mass is 9.96. The molecule has 4 rings (SSSR count). The molecule has 1 N–H and O–H groups in total. The van der Waals surface area contributed by atoms with Gasteiger partial charge in [0.25, 0.3) is 5.91 Å². The standard InChI is InChI=1S/C23H32N4O2S/c1-23(2,3)15-26(4)21(28)20-14-27-19-6-5-17(11-18(19)25-22(27)30-20)13-24-12-16-7-9-29-10-8-16/h5-6,11,14,16,24H,7-10,12-13,15H2,1-4H3. The van der Waals surface area contributed by atoms with Crippen LogP contribution >= 0.6 is 11.3 Å². The van der Waals surface area contributed by atoms with E-state index in [0.29, 0.717) is 5.92 Å². The average Bonchev–Trinajstić information content (AvgIpc) is 3.24. The van der Waals surface area contributed by atoms with Crippen molar-refractivity contribution in [2.75, 3.05) is 33.4 Å². The van der Waals surface area contributed by atoms with E-state index in [2.05, 4.69) is 44.3 Å². The van der Waals surface area contributed by atoms with Crippen LogP contribution in [0.2, 0.25) is 0 Å². The number of nitrogens with one attached hydrogen (secondary N) is 1. The summed E-state index contributed by atoms with van der Waals surface area (Å²) in [4.78, 5) is 21.0. The van der Waals surface area contributed by atoms with Crippen molar-refractivity contribution in [3.63, 3.8) is 0 Å². The third-order valence-electron chi connectivity index (χ3n) is 5.54. The molecule has 3 heterocycles. The second-order valence-corrected chi connectivity index (χ2v) is 10.6. The van der Waals surface area contributed by atoms with E-state index in [9.17, 15) is 4.79 Å². The van der Waals surface area contributed by atoms with Crippen molar-refractivity contribution in [1.82, 2.24) is 19.6 Å². The van der Waals surface area contributed by atoms with Crippen molar-refractivity contribution < 1.29 is 9.53 Å². The van der Waals surface area contributed by atoms with E-state index in [4.69, 9.17) is 9.72 Å². The molecule has 0 bridgehead atoms. The van der Waals surface area contributed by atoms with Crippen LogP contribution in [0.4, 0.5) is 0 Å². The highest BCUT2D eigenvalue weighted by Gasteiger charge is 2.21. The fraction of sp³-hybridized carbons (Fsp3) is 0.565. The van der Waals surface area contributed by atoms with Gasteiger partial charge in [0.2, 0.25) is 0 Å². The maximum atomic E-state index is 12.8. The number of rotatable bonds is 6. The predicted molar refractivity (Wildman–Crippen MR) is 122 cm³/mol. The first-order valence-corrected chi connectivity index (χ1v) is 11.6. The smallest absolute Gasteiger partial charge is 0.265 e. The van der Waals surface area contributed by atoms with E-state index >= 15 is 0 Å². The number of amides is 1. The van der Waals surface area contributed by atoms with Crippen LogP contribution in [0.15, 0.2) is 24.4 Å². The first-order valence-electron chi connectivity index (χ1n) is 10.7. The quantitative estimate of drug-likeness (QED) is 0.640. The van der Waals surface area contributed by atoms with Crippen LogP contribution in [0.3, 0.4) is 0 Å². The number of carbonyl (C=O) groups excluding carboxylic acids is 1. The van der Waals surface area contributed by atoms with E-state index < -0.39 is 0 Å². The number of carbonyl (C=O) groups is 1. The minimum Gasteiger partial charge on any atom is -0.381 e. The van der Waals surface area contributed by atoms with Crippen LogP contribution in [-0.2, 0) is 11.3 Å². The number of ether oxygens (including phenoxy) is 1. The molecule has 1 amide bonds. The highest BCUT2D eigenvalue weighted by atomic mass is 32.1. The maximum Gasteiger partial charge on any atom is 0.265 e. The first-order chi connectivity index (χ1) is 14.3. The first kappa shape index (κ1) is 21.3. The largest absolute Gasteiger partial charge is 0.381 e. The monoisotopic (exact) mass is 428 g/mol. The van der Waals surface area contributed by atoms with Crippen LogP contribution < -0.4 is 5.32 Å². The number of nitrogens with zero attached hydrogens (tertiary/aromatic N) is 3. The Balaban J connectivity index is 1.45. The topological polar surface area (TPSA) is 58.9 Å². The second kappa shape index (κ2) is 8.65. The number of imidazole rings is 1. The molecule has 0 spiro atoms. The molecule has 7 heteroatoms. The normalized spacial score (nSPS) is 15.9. The van der Waals surface area contributed by atoms with Crippen molar-refractivity contribution in [3.05, 3.63) is 34.8 Å². The fourth-order valence-corrected chi connectivity index (χ4v) is 5.10. The molecule has 1 saturated heterocycles. The van der Waals surface area contributed by atoms with Gasteiger partial charge in [-0.1, -0.05) is 38.2 Å². The van der Waals surface area contributed by atoms with E-state index in [1.807, 2.05) is 17.6 Å². The fourth-order valence-electron chi connectivity index (χ4n) is 4.11. The van der Waals surface area contributed by atoms with Crippen LogP contribution in [0.5, 0.6) is 0 Å². The predicted octanol–water partition coefficient (Wildman–Crippen LogP) is 4.18. The Morgan fingerprint density at radius 3 is 2.83 bits per heavy atom. The molecule has 30 heavy (non-hydrogen) atoms. The zero-order valence-electron chi connectivity index (χ0n) is 18.4. The van der Waals surface area contributed by atoms with Gasteiger partial charge >= 0.3 is 0 Å². The summed E-state index contributed by atoms with van der Waals surface area (Å²) in [5, 5.41) is 3.58. The van der Waals surface area contributed by atoms with Gasteiger partial charge in [0, 0.05) is 39.5 Å². The number of fused-ring (bicyclic) bond motifs is 3. The lowest BCUT2D eigenvalue weighted by Crippen LogP contribution is -2.34. The third kappa shape index (κ3) is 4.85. The summed E-state index contributed by atoms with van der Waals surface area (Å²) in [7, 11) is 1.87. The summed E-state index contributed by atoms with van der Waals surface area (Å²) >= 11 is 1.46. The van der Waals surface area contributed by atoms with Gasteiger partial charge in [-0.2, -0.15) is 0 Å². The highest BCUT2D eigenvalue weighted by Crippen LogP contribution is 2.26. The van der Waals surface area contributed by atoms with Gasteiger partial charge in [-0.3, -0.25) is 9.20 Å². The van der Waals surface area contributed by atoms with Crippen molar-refractivity contribution in [2.45, 2.75) is 40.2 Å². The van der Waals surface area contributed by atoms with Crippen molar-refractivity contribution >= 4 is 33.2 Å². The molecule has 162 valence electrons. The molecule has 1 fully saturated rings. The summed E-state index contributed by atoms with van der Waals surface area (Å²) in [6.07, 6.45) is 4.23. The van der Waals surface area contributed by atoms with E-state index in [1.54, 1.807) is 4.90 Å². The Hall–Kier alpha value is -1.96. The molecule has 0 unspecified atom stereocenters. The lowest BCUT2D eigenvalue weighted by molar-refractivity contribution is 0.0662. The number of hydrogen-bond acceptors (Lipinski definition) is 5. The third-order valence-corrected chi connectivity index (χ3v) is 6.51. The zero-order chi connectivity index (χ0) is 21.3. The van der Waals surface area contributed by atoms with E-state index in [0.717, 1.165) is 66.6 Å².